The first-order valence-corrected chi connectivity index (χ1v) is 10.6. The van der Waals surface area contributed by atoms with Crippen molar-refractivity contribution in [3.63, 3.8) is 0 Å². The van der Waals surface area contributed by atoms with Gasteiger partial charge in [0.1, 0.15) is 6.61 Å². The van der Waals surface area contributed by atoms with Crippen LogP contribution in [0.3, 0.4) is 0 Å². The Morgan fingerprint density at radius 2 is 1.94 bits per heavy atom. The summed E-state index contributed by atoms with van der Waals surface area (Å²) in [7, 11) is 0. The third kappa shape index (κ3) is 4.95. The van der Waals surface area contributed by atoms with Gasteiger partial charge in [-0.05, 0) is 36.8 Å². The van der Waals surface area contributed by atoms with Crippen molar-refractivity contribution in [2.75, 3.05) is 13.2 Å². The van der Waals surface area contributed by atoms with Crippen molar-refractivity contribution >= 4 is 23.6 Å². The van der Waals surface area contributed by atoms with Crippen LogP contribution < -0.4 is 5.73 Å². The topological polar surface area (TPSA) is 116 Å². The quantitative estimate of drug-likeness (QED) is 0.654. The lowest BCUT2D eigenvalue weighted by atomic mass is 9.92. The van der Waals surface area contributed by atoms with Crippen LogP contribution in [0.25, 0.3) is 0 Å². The molecule has 2 aliphatic rings. The number of benzene rings is 1. The molecule has 3 rings (SSSR count). The van der Waals surface area contributed by atoms with E-state index in [1.54, 1.807) is 4.90 Å². The molecule has 0 spiro atoms. The number of nitrogens with zero attached hydrogens (tertiary/aromatic N) is 1. The highest BCUT2D eigenvalue weighted by molar-refractivity contribution is 5.99. The Kier molecular flexibility index (Phi) is 6.79. The molecule has 1 aromatic rings. The summed E-state index contributed by atoms with van der Waals surface area (Å²) in [5, 5.41) is 0. The number of primary amides is 1. The van der Waals surface area contributed by atoms with Crippen molar-refractivity contribution in [2.24, 2.45) is 17.6 Å². The van der Waals surface area contributed by atoms with E-state index < -0.39 is 35.3 Å². The molecule has 3 atom stereocenters. The molecule has 2 amide bonds. The SMILES string of the molecule is CC(C)CC(CC(=O)N1CCc2ccccc2C1)C(=O)OC1C(=O)COC1(C)C(N)=O. The van der Waals surface area contributed by atoms with E-state index in [0.29, 0.717) is 19.5 Å². The average Bonchev–Trinajstić information content (AvgIpc) is 3.02. The number of rotatable bonds is 7. The minimum atomic E-state index is -1.70. The highest BCUT2D eigenvalue weighted by Gasteiger charge is 2.53. The molecule has 8 nitrogen and oxygen atoms in total. The Morgan fingerprint density at radius 1 is 1.26 bits per heavy atom. The number of hydrogen-bond donors (Lipinski definition) is 1. The Labute approximate surface area is 182 Å². The molecule has 1 saturated heterocycles. The van der Waals surface area contributed by atoms with Crippen LogP contribution >= 0.6 is 0 Å². The Balaban J connectivity index is 1.70. The predicted octanol–water partition coefficient (Wildman–Crippen LogP) is 1.38. The third-order valence-corrected chi connectivity index (χ3v) is 6.02. The predicted molar refractivity (Wildman–Crippen MR) is 112 cm³/mol. The summed E-state index contributed by atoms with van der Waals surface area (Å²) in [6, 6.07) is 8.00. The summed E-state index contributed by atoms with van der Waals surface area (Å²) in [5.41, 5.74) is 6.01. The molecule has 168 valence electrons. The summed E-state index contributed by atoms with van der Waals surface area (Å²) >= 11 is 0. The number of nitrogens with two attached hydrogens (primary N) is 1. The number of amides is 2. The molecule has 3 unspecified atom stereocenters. The average molecular weight is 431 g/mol. The molecule has 0 aliphatic carbocycles. The second-order valence-electron chi connectivity index (χ2n) is 8.91. The molecular weight excluding hydrogens is 400 g/mol. The highest BCUT2D eigenvalue weighted by Crippen LogP contribution is 2.29. The van der Waals surface area contributed by atoms with Crippen molar-refractivity contribution in [3.05, 3.63) is 35.4 Å². The van der Waals surface area contributed by atoms with Crippen molar-refractivity contribution in [2.45, 2.75) is 58.3 Å². The van der Waals surface area contributed by atoms with Gasteiger partial charge in [0.2, 0.25) is 11.7 Å². The number of carbonyl (C=O) groups excluding carboxylic acids is 4. The van der Waals surface area contributed by atoms with Gasteiger partial charge in [0, 0.05) is 19.5 Å². The summed E-state index contributed by atoms with van der Waals surface area (Å²) in [6.45, 7) is 5.98. The molecule has 1 aromatic carbocycles. The second kappa shape index (κ2) is 9.18. The van der Waals surface area contributed by atoms with Crippen molar-refractivity contribution in [3.8, 4) is 0 Å². The van der Waals surface area contributed by atoms with Crippen LogP contribution in [-0.4, -0.2) is 53.3 Å². The van der Waals surface area contributed by atoms with Crippen LogP contribution in [0.4, 0.5) is 0 Å². The van der Waals surface area contributed by atoms with E-state index in [4.69, 9.17) is 15.2 Å². The van der Waals surface area contributed by atoms with Gasteiger partial charge in [0.15, 0.2) is 11.7 Å². The van der Waals surface area contributed by atoms with E-state index in [9.17, 15) is 19.2 Å². The van der Waals surface area contributed by atoms with Crippen LogP contribution in [0.2, 0.25) is 0 Å². The van der Waals surface area contributed by atoms with Crippen LogP contribution in [0, 0.1) is 11.8 Å². The van der Waals surface area contributed by atoms with Gasteiger partial charge in [0.05, 0.1) is 5.92 Å². The first kappa shape index (κ1) is 22.9. The highest BCUT2D eigenvalue weighted by atomic mass is 16.6. The molecule has 2 heterocycles. The summed E-state index contributed by atoms with van der Waals surface area (Å²) in [5.74, 6) is -2.81. The van der Waals surface area contributed by atoms with E-state index in [1.807, 2.05) is 32.0 Å². The van der Waals surface area contributed by atoms with Crippen LogP contribution in [-0.2, 0) is 41.6 Å². The summed E-state index contributed by atoms with van der Waals surface area (Å²) in [4.78, 5) is 51.7. The van der Waals surface area contributed by atoms with E-state index >= 15 is 0 Å². The molecule has 1 fully saturated rings. The Bertz CT molecular complexity index is 883. The number of ketones is 1. The molecule has 2 aliphatic heterocycles. The molecule has 0 radical (unpaired) electrons. The zero-order valence-electron chi connectivity index (χ0n) is 18.3. The van der Waals surface area contributed by atoms with Crippen LogP contribution in [0.5, 0.6) is 0 Å². The lowest BCUT2D eigenvalue weighted by Gasteiger charge is -2.31. The molecule has 31 heavy (non-hydrogen) atoms. The van der Waals surface area contributed by atoms with Crippen LogP contribution in [0.15, 0.2) is 24.3 Å². The second-order valence-corrected chi connectivity index (χ2v) is 8.91. The maximum Gasteiger partial charge on any atom is 0.310 e. The molecule has 0 aromatic heterocycles. The zero-order valence-corrected chi connectivity index (χ0v) is 18.3. The normalized spacial score (nSPS) is 24.1. The minimum absolute atomic E-state index is 0.0196. The monoisotopic (exact) mass is 430 g/mol. The number of Topliss-reactive ketones (excluding diaryl/α,β-unsaturated/α-hetero) is 1. The first-order chi connectivity index (χ1) is 14.6. The number of fused-ring (bicyclic) bond motifs is 1. The fourth-order valence-electron chi connectivity index (χ4n) is 4.15. The fraction of sp³-hybridized carbons (Fsp3) is 0.565. The van der Waals surface area contributed by atoms with Crippen molar-refractivity contribution in [1.82, 2.24) is 4.90 Å². The van der Waals surface area contributed by atoms with Gasteiger partial charge in [-0.2, -0.15) is 0 Å². The van der Waals surface area contributed by atoms with Gasteiger partial charge in [-0.1, -0.05) is 38.1 Å². The van der Waals surface area contributed by atoms with E-state index in [2.05, 4.69) is 6.07 Å². The molecule has 0 bridgehead atoms. The standard InChI is InChI=1S/C23H30N2O6/c1-14(2)10-17(21(28)31-20-18(26)13-30-23(20,3)22(24)29)11-19(27)25-9-8-15-6-4-5-7-16(15)12-25/h4-7,14,17,20H,8-13H2,1-3H3,(H2,24,29). The maximum atomic E-state index is 13.0. The lowest BCUT2D eigenvalue weighted by Crippen LogP contribution is -2.52. The first-order valence-electron chi connectivity index (χ1n) is 10.6. The molecule has 8 heteroatoms. The van der Waals surface area contributed by atoms with Gasteiger partial charge in [0.25, 0.3) is 5.91 Å². The largest absolute Gasteiger partial charge is 0.450 e. The van der Waals surface area contributed by atoms with Gasteiger partial charge >= 0.3 is 5.97 Å². The Morgan fingerprint density at radius 3 is 2.58 bits per heavy atom. The lowest BCUT2D eigenvalue weighted by molar-refractivity contribution is -0.170. The van der Waals surface area contributed by atoms with Crippen molar-refractivity contribution in [1.29, 1.82) is 0 Å². The van der Waals surface area contributed by atoms with Gasteiger partial charge in [-0.3, -0.25) is 19.2 Å². The third-order valence-electron chi connectivity index (χ3n) is 6.02. The number of hydrogen-bond acceptors (Lipinski definition) is 6. The van der Waals surface area contributed by atoms with Gasteiger partial charge < -0.3 is 20.1 Å². The van der Waals surface area contributed by atoms with Crippen molar-refractivity contribution < 1.29 is 28.7 Å². The van der Waals surface area contributed by atoms with E-state index in [0.717, 1.165) is 12.0 Å². The van der Waals surface area contributed by atoms with E-state index in [-0.39, 0.29) is 24.9 Å². The van der Waals surface area contributed by atoms with Gasteiger partial charge in [-0.25, -0.2) is 0 Å². The summed E-state index contributed by atoms with van der Waals surface area (Å²) < 4.78 is 10.6. The number of esters is 1. The number of carbonyl (C=O) groups is 4. The zero-order chi connectivity index (χ0) is 22.8. The maximum absolute atomic E-state index is 13.0. The van der Waals surface area contributed by atoms with E-state index in [1.165, 1.54) is 12.5 Å². The fourth-order valence-corrected chi connectivity index (χ4v) is 4.15. The summed E-state index contributed by atoms with van der Waals surface area (Å²) in [6.07, 6.45) is -0.228. The smallest absolute Gasteiger partial charge is 0.310 e. The van der Waals surface area contributed by atoms with Gasteiger partial charge in [-0.15, -0.1) is 0 Å². The minimum Gasteiger partial charge on any atom is -0.450 e. The van der Waals surface area contributed by atoms with Crippen LogP contribution in [0.1, 0.15) is 44.7 Å². The molecule has 0 saturated carbocycles. The molecular formula is C23H30N2O6. The number of ether oxygens (including phenoxy) is 2. The molecule has 2 N–H and O–H groups in total. The Hall–Kier alpha value is -2.74.